The zero-order valence-corrected chi connectivity index (χ0v) is 17.1. The van der Waals surface area contributed by atoms with Crippen LogP contribution in [0.15, 0.2) is 47.4 Å². The van der Waals surface area contributed by atoms with E-state index in [2.05, 4.69) is 5.32 Å². The van der Waals surface area contributed by atoms with Gasteiger partial charge in [-0.15, -0.1) is 0 Å². The Bertz CT molecular complexity index is 990. The number of benzene rings is 2. The first-order valence-corrected chi connectivity index (χ1v) is 11.2. The summed E-state index contributed by atoms with van der Waals surface area (Å²) in [5.74, 6) is 0.654. The lowest BCUT2D eigenvalue weighted by Crippen LogP contribution is -2.36. The van der Waals surface area contributed by atoms with Crippen molar-refractivity contribution in [3.63, 3.8) is 0 Å². The van der Waals surface area contributed by atoms with Crippen molar-refractivity contribution in [3.05, 3.63) is 48.0 Å². The largest absolute Gasteiger partial charge is 0.495 e. The third kappa shape index (κ3) is 3.95. The van der Waals surface area contributed by atoms with E-state index < -0.39 is 16.1 Å². The molecule has 2 heterocycles. The molecule has 0 bridgehead atoms. The molecule has 8 heteroatoms. The Morgan fingerprint density at radius 3 is 2.62 bits per heavy atom. The lowest BCUT2D eigenvalue weighted by atomic mass is 10.1. The first-order valence-electron chi connectivity index (χ1n) is 9.72. The molecule has 154 valence electrons. The van der Waals surface area contributed by atoms with Gasteiger partial charge in [0, 0.05) is 25.2 Å². The van der Waals surface area contributed by atoms with E-state index in [0.717, 1.165) is 24.8 Å². The number of hydrogen-bond acceptors (Lipinski definition) is 5. The SMILES string of the molecule is COc1ccc(NC(=O)[C@@H]2Cc3ccccc3O2)cc1S(=O)(=O)N1CCCCC1. The zero-order valence-electron chi connectivity index (χ0n) is 16.3. The number of para-hydroxylation sites is 1. The maximum atomic E-state index is 13.1. The summed E-state index contributed by atoms with van der Waals surface area (Å²) in [5.41, 5.74) is 1.38. The van der Waals surface area contributed by atoms with Crippen molar-refractivity contribution < 1.29 is 22.7 Å². The van der Waals surface area contributed by atoms with E-state index in [4.69, 9.17) is 9.47 Å². The van der Waals surface area contributed by atoms with Gasteiger partial charge in [-0.25, -0.2) is 8.42 Å². The minimum atomic E-state index is -3.70. The molecule has 29 heavy (non-hydrogen) atoms. The molecule has 0 saturated carbocycles. The quantitative estimate of drug-likeness (QED) is 0.810. The van der Waals surface area contributed by atoms with Crippen LogP contribution in [0, 0.1) is 0 Å². The summed E-state index contributed by atoms with van der Waals surface area (Å²) in [4.78, 5) is 12.7. The fourth-order valence-electron chi connectivity index (χ4n) is 3.75. The minimum Gasteiger partial charge on any atom is -0.495 e. The number of sulfonamides is 1. The van der Waals surface area contributed by atoms with Crippen LogP contribution < -0.4 is 14.8 Å². The van der Waals surface area contributed by atoms with E-state index in [1.807, 2.05) is 24.3 Å². The Labute approximate surface area is 170 Å². The molecule has 1 N–H and O–H groups in total. The molecular formula is C21H24N2O5S. The Morgan fingerprint density at radius 2 is 1.90 bits per heavy atom. The minimum absolute atomic E-state index is 0.0651. The van der Waals surface area contributed by atoms with Gasteiger partial charge in [-0.05, 0) is 42.7 Å². The number of amides is 1. The number of methoxy groups -OCH3 is 1. The second kappa shape index (κ2) is 8.04. The van der Waals surface area contributed by atoms with E-state index in [1.54, 1.807) is 12.1 Å². The van der Waals surface area contributed by atoms with Crippen LogP contribution in [0.2, 0.25) is 0 Å². The fourth-order valence-corrected chi connectivity index (χ4v) is 5.45. The van der Waals surface area contributed by atoms with E-state index in [1.165, 1.54) is 17.5 Å². The van der Waals surface area contributed by atoms with Gasteiger partial charge >= 0.3 is 0 Å². The highest BCUT2D eigenvalue weighted by atomic mass is 32.2. The van der Waals surface area contributed by atoms with Gasteiger partial charge in [0.2, 0.25) is 10.0 Å². The van der Waals surface area contributed by atoms with Crippen LogP contribution in [0.4, 0.5) is 5.69 Å². The molecule has 0 spiro atoms. The number of nitrogens with one attached hydrogen (secondary N) is 1. The van der Waals surface area contributed by atoms with Crippen LogP contribution in [0.1, 0.15) is 24.8 Å². The number of anilines is 1. The van der Waals surface area contributed by atoms with Crippen LogP contribution in [-0.2, 0) is 21.2 Å². The van der Waals surface area contributed by atoms with Gasteiger partial charge in [0.25, 0.3) is 5.91 Å². The van der Waals surface area contributed by atoms with Crippen molar-refractivity contribution in [2.45, 2.75) is 36.7 Å². The van der Waals surface area contributed by atoms with Gasteiger partial charge in [-0.1, -0.05) is 24.6 Å². The van der Waals surface area contributed by atoms with Gasteiger partial charge in [0.05, 0.1) is 7.11 Å². The highest BCUT2D eigenvalue weighted by Gasteiger charge is 2.31. The topological polar surface area (TPSA) is 84.9 Å². The van der Waals surface area contributed by atoms with Crippen LogP contribution in [0.5, 0.6) is 11.5 Å². The summed E-state index contributed by atoms with van der Waals surface area (Å²) in [6, 6.07) is 12.2. The van der Waals surface area contributed by atoms with E-state index in [-0.39, 0.29) is 16.6 Å². The van der Waals surface area contributed by atoms with Crippen molar-refractivity contribution in [2.75, 3.05) is 25.5 Å². The monoisotopic (exact) mass is 416 g/mol. The molecule has 2 aromatic rings. The average Bonchev–Trinajstić information content (AvgIpc) is 3.19. The Balaban J connectivity index is 1.55. The smallest absolute Gasteiger partial charge is 0.265 e. The van der Waals surface area contributed by atoms with E-state index in [0.29, 0.717) is 30.9 Å². The molecule has 1 fully saturated rings. The van der Waals surface area contributed by atoms with Gasteiger partial charge in [0.1, 0.15) is 16.4 Å². The average molecular weight is 416 g/mol. The molecule has 4 rings (SSSR count). The normalized spacial score (nSPS) is 19.3. The molecule has 1 amide bonds. The Kier molecular flexibility index (Phi) is 5.47. The lowest BCUT2D eigenvalue weighted by molar-refractivity contribution is -0.122. The van der Waals surface area contributed by atoms with Crippen LogP contribution >= 0.6 is 0 Å². The van der Waals surface area contributed by atoms with Gasteiger partial charge in [-0.3, -0.25) is 4.79 Å². The first kappa shape index (κ1) is 19.7. The summed E-state index contributed by atoms with van der Waals surface area (Å²) < 4.78 is 38.7. The van der Waals surface area contributed by atoms with Gasteiger partial charge in [0.15, 0.2) is 6.10 Å². The van der Waals surface area contributed by atoms with Crippen LogP contribution in [0.3, 0.4) is 0 Å². The van der Waals surface area contributed by atoms with Crippen LogP contribution in [0.25, 0.3) is 0 Å². The third-order valence-electron chi connectivity index (χ3n) is 5.30. The van der Waals surface area contributed by atoms with Crippen molar-refractivity contribution in [1.29, 1.82) is 0 Å². The molecule has 2 aliphatic heterocycles. The number of ether oxygens (including phenoxy) is 2. The van der Waals surface area contributed by atoms with Crippen molar-refractivity contribution in [2.24, 2.45) is 0 Å². The number of hydrogen-bond donors (Lipinski definition) is 1. The second-order valence-corrected chi connectivity index (χ2v) is 9.14. The van der Waals surface area contributed by atoms with Gasteiger partial charge in [-0.2, -0.15) is 4.31 Å². The van der Waals surface area contributed by atoms with E-state index in [9.17, 15) is 13.2 Å². The van der Waals surface area contributed by atoms with Crippen molar-refractivity contribution in [1.82, 2.24) is 4.31 Å². The number of piperidine rings is 1. The summed E-state index contributed by atoms with van der Waals surface area (Å²) in [6.07, 6.45) is 2.56. The number of carbonyl (C=O) groups excluding carboxylic acids is 1. The van der Waals surface area contributed by atoms with Gasteiger partial charge < -0.3 is 14.8 Å². The molecule has 0 unspecified atom stereocenters. The molecule has 2 aliphatic rings. The maximum Gasteiger partial charge on any atom is 0.265 e. The number of nitrogens with zero attached hydrogens (tertiary/aromatic N) is 1. The summed E-state index contributed by atoms with van der Waals surface area (Å²) >= 11 is 0. The van der Waals surface area contributed by atoms with Crippen molar-refractivity contribution in [3.8, 4) is 11.5 Å². The highest BCUT2D eigenvalue weighted by Crippen LogP contribution is 2.32. The lowest BCUT2D eigenvalue weighted by Gasteiger charge is -2.26. The third-order valence-corrected chi connectivity index (χ3v) is 7.22. The summed E-state index contributed by atoms with van der Waals surface area (Å²) in [5, 5.41) is 2.78. The number of fused-ring (bicyclic) bond motifs is 1. The molecule has 0 aromatic heterocycles. The summed E-state index contributed by atoms with van der Waals surface area (Å²) in [6.45, 7) is 0.993. The number of rotatable bonds is 5. The molecule has 0 radical (unpaired) electrons. The first-order chi connectivity index (χ1) is 14.0. The molecular weight excluding hydrogens is 392 g/mol. The molecule has 2 aromatic carbocycles. The Hall–Kier alpha value is -2.58. The summed E-state index contributed by atoms with van der Waals surface area (Å²) in [7, 11) is -2.26. The molecule has 7 nitrogen and oxygen atoms in total. The molecule has 1 saturated heterocycles. The number of carbonyl (C=O) groups is 1. The predicted octanol–water partition coefficient (Wildman–Crippen LogP) is 2.81. The fraction of sp³-hybridized carbons (Fsp3) is 0.381. The van der Waals surface area contributed by atoms with Crippen LogP contribution in [-0.4, -0.2) is 44.9 Å². The zero-order chi connectivity index (χ0) is 20.4. The highest BCUT2D eigenvalue weighted by molar-refractivity contribution is 7.89. The second-order valence-electron chi connectivity index (χ2n) is 7.24. The maximum absolute atomic E-state index is 13.1. The standard InChI is InChI=1S/C21H24N2O5S/c1-27-18-10-9-16(14-20(18)29(25,26)23-11-5-2-6-12-23)22-21(24)19-13-15-7-3-4-8-17(15)28-19/h3-4,7-10,14,19H,2,5-6,11-13H2,1H3,(H,22,24)/t19-/m0/s1. The predicted molar refractivity (Wildman–Crippen MR) is 109 cm³/mol. The molecule has 0 aliphatic carbocycles. The molecule has 1 atom stereocenters. The van der Waals surface area contributed by atoms with Crippen molar-refractivity contribution >= 4 is 21.6 Å². The Morgan fingerprint density at radius 1 is 1.14 bits per heavy atom. The van der Waals surface area contributed by atoms with E-state index >= 15 is 0 Å².